The first-order valence-corrected chi connectivity index (χ1v) is 11.0. The molecular formula is C24H28N6O2. The Morgan fingerprint density at radius 1 is 1.09 bits per heavy atom. The second kappa shape index (κ2) is 9.72. The Kier molecular flexibility index (Phi) is 6.58. The van der Waals surface area contributed by atoms with Crippen LogP contribution in [-0.2, 0) is 16.1 Å². The van der Waals surface area contributed by atoms with Crippen molar-refractivity contribution in [2.75, 3.05) is 4.90 Å². The van der Waals surface area contributed by atoms with E-state index in [4.69, 9.17) is 0 Å². The van der Waals surface area contributed by atoms with Crippen LogP contribution in [0.25, 0.3) is 11.4 Å². The molecule has 0 saturated heterocycles. The summed E-state index contributed by atoms with van der Waals surface area (Å²) in [5, 5.41) is 15.6. The third-order valence-electron chi connectivity index (χ3n) is 5.81. The van der Waals surface area contributed by atoms with E-state index in [1.807, 2.05) is 61.5 Å². The van der Waals surface area contributed by atoms with E-state index >= 15 is 0 Å². The van der Waals surface area contributed by atoms with Gasteiger partial charge in [-0.25, -0.2) is 0 Å². The van der Waals surface area contributed by atoms with E-state index in [0.29, 0.717) is 11.5 Å². The molecule has 0 radical (unpaired) electrons. The highest BCUT2D eigenvalue weighted by molar-refractivity contribution is 6.00. The lowest BCUT2D eigenvalue weighted by Crippen LogP contribution is -2.51. The number of para-hydroxylation sites is 1. The number of carbonyl (C=O) groups excluding carboxylic acids is 2. The standard InChI is InChI=1S/C24H28N6O2/c1-17-12-14-19(15-13-17)23-26-28-29(27-23)16-22(31)30(21-10-4-3-5-11-21)18(2)24(32)25-20-8-6-7-9-20/h3-5,10-15,18,20H,6-9,16H2,1-2H3,(H,25,32)/t18-/m0/s1. The highest BCUT2D eigenvalue weighted by Crippen LogP contribution is 2.21. The Morgan fingerprint density at radius 3 is 2.47 bits per heavy atom. The Labute approximate surface area is 187 Å². The summed E-state index contributed by atoms with van der Waals surface area (Å²) in [6.07, 6.45) is 4.23. The molecule has 0 bridgehead atoms. The number of carbonyl (C=O) groups is 2. The highest BCUT2D eigenvalue weighted by Gasteiger charge is 2.30. The summed E-state index contributed by atoms with van der Waals surface area (Å²) in [6, 6.07) is 16.5. The lowest BCUT2D eigenvalue weighted by molar-refractivity contribution is -0.127. The minimum Gasteiger partial charge on any atom is -0.352 e. The van der Waals surface area contributed by atoms with Gasteiger partial charge in [0, 0.05) is 17.3 Å². The van der Waals surface area contributed by atoms with E-state index in [1.165, 1.54) is 9.70 Å². The zero-order valence-electron chi connectivity index (χ0n) is 18.4. The zero-order chi connectivity index (χ0) is 22.5. The molecule has 32 heavy (non-hydrogen) atoms. The quantitative estimate of drug-likeness (QED) is 0.619. The number of aromatic nitrogens is 4. The lowest BCUT2D eigenvalue weighted by atomic mass is 10.1. The summed E-state index contributed by atoms with van der Waals surface area (Å²) in [5.41, 5.74) is 2.63. The molecule has 3 aromatic rings. The third-order valence-corrected chi connectivity index (χ3v) is 5.81. The smallest absolute Gasteiger partial charge is 0.251 e. The Bertz CT molecular complexity index is 1060. The van der Waals surface area contributed by atoms with Gasteiger partial charge in [0.25, 0.3) is 5.91 Å². The van der Waals surface area contributed by atoms with E-state index < -0.39 is 6.04 Å². The molecule has 1 aromatic heterocycles. The number of rotatable bonds is 7. The van der Waals surface area contributed by atoms with Gasteiger partial charge in [0.15, 0.2) is 0 Å². The SMILES string of the molecule is Cc1ccc(-c2nnn(CC(=O)N(c3ccccc3)[C@@H](C)C(=O)NC3CCCC3)n2)cc1. The van der Waals surface area contributed by atoms with Crippen molar-refractivity contribution in [3.8, 4) is 11.4 Å². The van der Waals surface area contributed by atoms with E-state index in [9.17, 15) is 9.59 Å². The van der Waals surface area contributed by atoms with E-state index in [2.05, 4.69) is 20.7 Å². The van der Waals surface area contributed by atoms with Crippen LogP contribution in [0, 0.1) is 6.92 Å². The van der Waals surface area contributed by atoms with Crippen LogP contribution in [0.15, 0.2) is 54.6 Å². The van der Waals surface area contributed by atoms with Gasteiger partial charge in [-0.1, -0.05) is 60.9 Å². The third kappa shape index (κ3) is 5.01. The minimum absolute atomic E-state index is 0.116. The summed E-state index contributed by atoms with van der Waals surface area (Å²) < 4.78 is 0. The van der Waals surface area contributed by atoms with Crippen molar-refractivity contribution < 1.29 is 9.59 Å². The van der Waals surface area contributed by atoms with Crippen LogP contribution in [0.1, 0.15) is 38.2 Å². The van der Waals surface area contributed by atoms with Gasteiger partial charge in [0.05, 0.1) is 0 Å². The molecule has 1 aliphatic rings. The molecule has 1 fully saturated rings. The maximum atomic E-state index is 13.3. The summed E-state index contributed by atoms with van der Waals surface area (Å²) in [4.78, 5) is 29.0. The van der Waals surface area contributed by atoms with Gasteiger partial charge in [-0.2, -0.15) is 4.80 Å². The summed E-state index contributed by atoms with van der Waals surface area (Å²) in [7, 11) is 0. The van der Waals surface area contributed by atoms with Crippen molar-refractivity contribution >= 4 is 17.5 Å². The molecule has 8 nitrogen and oxygen atoms in total. The second-order valence-electron chi connectivity index (χ2n) is 8.27. The molecule has 166 valence electrons. The van der Waals surface area contributed by atoms with Crippen molar-refractivity contribution in [2.45, 2.75) is 58.2 Å². The van der Waals surface area contributed by atoms with Crippen molar-refractivity contribution in [1.82, 2.24) is 25.5 Å². The van der Waals surface area contributed by atoms with Crippen molar-refractivity contribution in [3.63, 3.8) is 0 Å². The van der Waals surface area contributed by atoms with Crippen LogP contribution in [0.2, 0.25) is 0 Å². The van der Waals surface area contributed by atoms with Gasteiger partial charge in [-0.05, 0) is 44.0 Å². The molecule has 4 rings (SSSR count). The fourth-order valence-electron chi connectivity index (χ4n) is 4.01. The van der Waals surface area contributed by atoms with Crippen LogP contribution < -0.4 is 10.2 Å². The van der Waals surface area contributed by atoms with Crippen LogP contribution in [-0.4, -0.2) is 44.1 Å². The van der Waals surface area contributed by atoms with Crippen molar-refractivity contribution in [1.29, 1.82) is 0 Å². The number of nitrogens with zero attached hydrogens (tertiary/aromatic N) is 5. The predicted octanol–water partition coefficient (Wildman–Crippen LogP) is 3.13. The van der Waals surface area contributed by atoms with Crippen molar-refractivity contribution in [3.05, 3.63) is 60.2 Å². The zero-order valence-corrected chi connectivity index (χ0v) is 18.4. The molecule has 0 spiro atoms. The maximum absolute atomic E-state index is 13.3. The number of aryl methyl sites for hydroxylation is 1. The first kappa shape index (κ1) is 21.7. The second-order valence-corrected chi connectivity index (χ2v) is 8.27. The minimum atomic E-state index is -0.661. The van der Waals surface area contributed by atoms with E-state index in [0.717, 1.165) is 36.8 Å². The number of tetrazole rings is 1. The molecule has 1 aliphatic carbocycles. The largest absolute Gasteiger partial charge is 0.352 e. The molecular weight excluding hydrogens is 404 g/mol. The van der Waals surface area contributed by atoms with Gasteiger partial charge in [0.2, 0.25) is 11.7 Å². The average molecular weight is 433 g/mol. The van der Waals surface area contributed by atoms with Crippen LogP contribution in [0.5, 0.6) is 0 Å². The fraction of sp³-hybridized carbons (Fsp3) is 0.375. The van der Waals surface area contributed by atoms with E-state index in [-0.39, 0.29) is 24.4 Å². The summed E-state index contributed by atoms with van der Waals surface area (Å²) in [6.45, 7) is 3.64. The normalized spacial score (nSPS) is 14.8. The molecule has 0 aliphatic heterocycles. The topological polar surface area (TPSA) is 93.0 Å². The number of nitrogens with one attached hydrogen (secondary N) is 1. The van der Waals surface area contributed by atoms with Gasteiger partial charge < -0.3 is 5.32 Å². The van der Waals surface area contributed by atoms with E-state index in [1.54, 1.807) is 6.92 Å². The van der Waals surface area contributed by atoms with Gasteiger partial charge in [0.1, 0.15) is 12.6 Å². The molecule has 1 atom stereocenters. The molecule has 2 amide bonds. The lowest BCUT2D eigenvalue weighted by Gasteiger charge is -2.29. The fourth-order valence-corrected chi connectivity index (χ4v) is 4.01. The molecule has 2 aromatic carbocycles. The average Bonchev–Trinajstić information content (AvgIpc) is 3.47. The van der Waals surface area contributed by atoms with Gasteiger partial charge >= 0.3 is 0 Å². The highest BCUT2D eigenvalue weighted by atomic mass is 16.2. The molecule has 1 N–H and O–H groups in total. The first-order valence-electron chi connectivity index (χ1n) is 11.0. The number of benzene rings is 2. The molecule has 1 heterocycles. The van der Waals surface area contributed by atoms with Crippen LogP contribution in [0.4, 0.5) is 5.69 Å². The Morgan fingerprint density at radius 2 is 1.78 bits per heavy atom. The maximum Gasteiger partial charge on any atom is 0.251 e. The molecule has 0 unspecified atom stereocenters. The first-order chi connectivity index (χ1) is 15.5. The monoisotopic (exact) mass is 432 g/mol. The van der Waals surface area contributed by atoms with Gasteiger partial charge in [-0.15, -0.1) is 10.2 Å². The summed E-state index contributed by atoms with van der Waals surface area (Å²) >= 11 is 0. The van der Waals surface area contributed by atoms with Crippen molar-refractivity contribution in [2.24, 2.45) is 0 Å². The van der Waals surface area contributed by atoms with Crippen LogP contribution >= 0.6 is 0 Å². The number of hydrogen-bond acceptors (Lipinski definition) is 5. The number of anilines is 1. The summed E-state index contributed by atoms with van der Waals surface area (Å²) in [5.74, 6) is 0.0233. The Balaban J connectivity index is 1.51. The predicted molar refractivity (Wildman–Crippen MR) is 122 cm³/mol. The Hall–Kier alpha value is -3.55. The molecule has 8 heteroatoms. The van der Waals surface area contributed by atoms with Gasteiger partial charge in [-0.3, -0.25) is 14.5 Å². The number of hydrogen-bond donors (Lipinski definition) is 1. The number of amides is 2. The van der Waals surface area contributed by atoms with Crippen LogP contribution in [0.3, 0.4) is 0 Å². The molecule has 1 saturated carbocycles.